The molecule has 2 rings (SSSR count). The van der Waals surface area contributed by atoms with Gasteiger partial charge in [0.2, 0.25) is 0 Å². The summed E-state index contributed by atoms with van der Waals surface area (Å²) in [6.45, 7) is 0.789. The van der Waals surface area contributed by atoms with Crippen molar-refractivity contribution in [3.05, 3.63) is 51.3 Å². The molecule has 1 aromatic carbocycles. The summed E-state index contributed by atoms with van der Waals surface area (Å²) in [7, 11) is 0. The van der Waals surface area contributed by atoms with E-state index in [0.29, 0.717) is 23.9 Å². The first-order chi connectivity index (χ1) is 8.19. The van der Waals surface area contributed by atoms with Gasteiger partial charge in [-0.05, 0) is 24.3 Å². The summed E-state index contributed by atoms with van der Waals surface area (Å²) in [5.41, 5.74) is 6.43. The van der Waals surface area contributed by atoms with Crippen molar-refractivity contribution in [1.82, 2.24) is 0 Å². The summed E-state index contributed by atoms with van der Waals surface area (Å²) in [5.74, 6) is 1.34. The average molecular weight is 317 g/mol. The summed E-state index contributed by atoms with van der Waals surface area (Å²) in [5, 5.41) is 0.568. The SMILES string of the molecule is NCc1coc(COc2cc(Br)ccc2Cl)c1. The van der Waals surface area contributed by atoms with Crippen molar-refractivity contribution < 1.29 is 9.15 Å². The Morgan fingerprint density at radius 3 is 2.88 bits per heavy atom. The smallest absolute Gasteiger partial charge is 0.146 e. The van der Waals surface area contributed by atoms with Gasteiger partial charge < -0.3 is 14.9 Å². The lowest BCUT2D eigenvalue weighted by atomic mass is 10.3. The minimum Gasteiger partial charge on any atom is -0.484 e. The minimum atomic E-state index is 0.330. The second kappa shape index (κ2) is 5.58. The van der Waals surface area contributed by atoms with Crippen LogP contribution in [0.5, 0.6) is 5.75 Å². The molecular formula is C12H11BrClNO2. The van der Waals surface area contributed by atoms with E-state index >= 15 is 0 Å². The van der Waals surface area contributed by atoms with E-state index in [1.807, 2.05) is 18.2 Å². The molecule has 90 valence electrons. The van der Waals surface area contributed by atoms with Crippen molar-refractivity contribution in [1.29, 1.82) is 0 Å². The maximum Gasteiger partial charge on any atom is 0.146 e. The normalized spacial score (nSPS) is 10.5. The first-order valence-corrected chi connectivity index (χ1v) is 6.20. The van der Waals surface area contributed by atoms with E-state index in [4.69, 9.17) is 26.5 Å². The molecule has 0 aliphatic rings. The van der Waals surface area contributed by atoms with Crippen LogP contribution in [0.15, 0.2) is 39.4 Å². The van der Waals surface area contributed by atoms with Gasteiger partial charge in [-0.1, -0.05) is 27.5 Å². The molecule has 0 aliphatic carbocycles. The number of rotatable bonds is 4. The van der Waals surface area contributed by atoms with Gasteiger partial charge in [-0.25, -0.2) is 0 Å². The lowest BCUT2D eigenvalue weighted by Gasteiger charge is -2.06. The molecule has 3 nitrogen and oxygen atoms in total. The van der Waals surface area contributed by atoms with Crippen LogP contribution in [0.4, 0.5) is 0 Å². The van der Waals surface area contributed by atoms with Crippen LogP contribution in [0.1, 0.15) is 11.3 Å². The third-order valence-electron chi connectivity index (χ3n) is 2.21. The number of hydrogen-bond acceptors (Lipinski definition) is 3. The summed E-state index contributed by atoms with van der Waals surface area (Å²) in [4.78, 5) is 0. The monoisotopic (exact) mass is 315 g/mol. The average Bonchev–Trinajstić information content (AvgIpc) is 2.78. The molecule has 0 fully saturated rings. The number of ether oxygens (including phenoxy) is 1. The second-order valence-corrected chi connectivity index (χ2v) is 4.81. The molecule has 0 radical (unpaired) electrons. The molecule has 0 atom stereocenters. The largest absolute Gasteiger partial charge is 0.484 e. The number of hydrogen-bond donors (Lipinski definition) is 1. The Morgan fingerprint density at radius 2 is 2.18 bits per heavy atom. The summed E-state index contributed by atoms with van der Waals surface area (Å²) in [6, 6.07) is 7.31. The van der Waals surface area contributed by atoms with Gasteiger partial charge in [-0.3, -0.25) is 0 Å². The predicted molar refractivity (Wildman–Crippen MR) is 70.1 cm³/mol. The van der Waals surface area contributed by atoms with Gasteiger partial charge in [0, 0.05) is 16.6 Å². The van der Waals surface area contributed by atoms with Crippen LogP contribution in [0.3, 0.4) is 0 Å². The first kappa shape index (κ1) is 12.5. The Labute approximate surface area is 113 Å². The number of benzene rings is 1. The maximum absolute atomic E-state index is 6.00. The Balaban J connectivity index is 2.04. The van der Waals surface area contributed by atoms with Crippen LogP contribution in [0.2, 0.25) is 5.02 Å². The van der Waals surface area contributed by atoms with Crippen LogP contribution < -0.4 is 10.5 Å². The molecule has 0 aliphatic heterocycles. The van der Waals surface area contributed by atoms with E-state index in [0.717, 1.165) is 15.8 Å². The Morgan fingerprint density at radius 1 is 1.35 bits per heavy atom. The highest BCUT2D eigenvalue weighted by molar-refractivity contribution is 9.10. The third-order valence-corrected chi connectivity index (χ3v) is 3.01. The quantitative estimate of drug-likeness (QED) is 0.935. The fraction of sp³-hybridized carbons (Fsp3) is 0.167. The van der Waals surface area contributed by atoms with Gasteiger partial charge in [0.15, 0.2) is 0 Å². The molecule has 17 heavy (non-hydrogen) atoms. The summed E-state index contributed by atoms with van der Waals surface area (Å²) >= 11 is 9.36. The highest BCUT2D eigenvalue weighted by Crippen LogP contribution is 2.28. The maximum atomic E-state index is 6.00. The topological polar surface area (TPSA) is 48.4 Å². The highest BCUT2D eigenvalue weighted by atomic mass is 79.9. The molecule has 1 heterocycles. The van der Waals surface area contributed by atoms with Crippen molar-refractivity contribution in [2.24, 2.45) is 5.73 Å². The number of nitrogens with two attached hydrogens (primary N) is 1. The van der Waals surface area contributed by atoms with Crippen molar-refractivity contribution in [3.63, 3.8) is 0 Å². The molecule has 0 saturated carbocycles. The van der Waals surface area contributed by atoms with Gasteiger partial charge in [0.1, 0.15) is 18.1 Å². The van der Waals surface area contributed by atoms with Crippen molar-refractivity contribution in [3.8, 4) is 5.75 Å². The van der Waals surface area contributed by atoms with Crippen molar-refractivity contribution >= 4 is 27.5 Å². The van der Waals surface area contributed by atoms with Gasteiger partial charge in [-0.2, -0.15) is 0 Å². The van der Waals surface area contributed by atoms with E-state index in [1.165, 1.54) is 0 Å². The molecule has 0 amide bonds. The Kier molecular flexibility index (Phi) is 4.10. The van der Waals surface area contributed by atoms with Crippen LogP contribution in [0.25, 0.3) is 0 Å². The van der Waals surface area contributed by atoms with Gasteiger partial charge in [-0.15, -0.1) is 0 Å². The molecule has 0 bridgehead atoms. The first-order valence-electron chi connectivity index (χ1n) is 5.03. The van der Waals surface area contributed by atoms with E-state index < -0.39 is 0 Å². The zero-order valence-electron chi connectivity index (χ0n) is 8.95. The molecule has 1 aromatic heterocycles. The van der Waals surface area contributed by atoms with Crippen molar-refractivity contribution in [2.45, 2.75) is 13.2 Å². The third kappa shape index (κ3) is 3.25. The summed E-state index contributed by atoms with van der Waals surface area (Å²) in [6.07, 6.45) is 1.63. The molecule has 0 spiro atoms. The lowest BCUT2D eigenvalue weighted by Crippen LogP contribution is -1.95. The number of furan rings is 1. The molecule has 5 heteroatoms. The molecule has 0 unspecified atom stereocenters. The minimum absolute atomic E-state index is 0.330. The highest BCUT2D eigenvalue weighted by Gasteiger charge is 2.05. The molecular weight excluding hydrogens is 305 g/mol. The number of halogens is 2. The van der Waals surface area contributed by atoms with E-state index in [2.05, 4.69) is 15.9 Å². The van der Waals surface area contributed by atoms with Gasteiger partial charge in [0.05, 0.1) is 11.3 Å². The van der Waals surface area contributed by atoms with Crippen LogP contribution >= 0.6 is 27.5 Å². The Hall–Kier alpha value is -0.970. The second-order valence-electron chi connectivity index (χ2n) is 3.49. The molecule has 2 N–H and O–H groups in total. The zero-order chi connectivity index (χ0) is 12.3. The van der Waals surface area contributed by atoms with Crippen LogP contribution in [-0.2, 0) is 13.2 Å². The fourth-order valence-electron chi connectivity index (χ4n) is 1.35. The summed E-state index contributed by atoms with van der Waals surface area (Å²) < 4.78 is 11.8. The van der Waals surface area contributed by atoms with E-state index in [-0.39, 0.29) is 0 Å². The van der Waals surface area contributed by atoms with E-state index in [1.54, 1.807) is 12.3 Å². The molecule has 0 saturated heterocycles. The Bertz CT molecular complexity index is 513. The zero-order valence-corrected chi connectivity index (χ0v) is 11.3. The van der Waals surface area contributed by atoms with Crippen LogP contribution in [0, 0.1) is 0 Å². The van der Waals surface area contributed by atoms with Crippen molar-refractivity contribution in [2.75, 3.05) is 0 Å². The predicted octanol–water partition coefficient (Wildman–Crippen LogP) is 3.73. The van der Waals surface area contributed by atoms with E-state index in [9.17, 15) is 0 Å². The van der Waals surface area contributed by atoms with Gasteiger partial charge in [0.25, 0.3) is 0 Å². The molecule has 2 aromatic rings. The fourth-order valence-corrected chi connectivity index (χ4v) is 1.86. The van der Waals surface area contributed by atoms with Crippen LogP contribution in [-0.4, -0.2) is 0 Å². The lowest BCUT2D eigenvalue weighted by molar-refractivity contribution is 0.270. The van der Waals surface area contributed by atoms with Gasteiger partial charge >= 0.3 is 0 Å². The standard InChI is InChI=1S/C12H11BrClNO2/c13-9-1-2-11(14)12(4-9)17-7-10-3-8(5-15)6-16-10/h1-4,6H,5,7,15H2.